The van der Waals surface area contributed by atoms with Gasteiger partial charge in [0.25, 0.3) is 0 Å². The van der Waals surface area contributed by atoms with Crippen LogP contribution in [0, 0.1) is 11.3 Å². The molecular formula is C15H25N3O2. The second kappa shape index (κ2) is 5.95. The zero-order valence-corrected chi connectivity index (χ0v) is 12.6. The summed E-state index contributed by atoms with van der Waals surface area (Å²) in [6.07, 6.45) is 6.73. The molecule has 3 N–H and O–H groups in total. The van der Waals surface area contributed by atoms with E-state index in [1.165, 1.54) is 6.42 Å². The van der Waals surface area contributed by atoms with Crippen molar-refractivity contribution in [2.45, 2.75) is 58.6 Å². The highest BCUT2D eigenvalue weighted by Gasteiger charge is 2.34. The first kappa shape index (κ1) is 15.0. The zero-order valence-electron chi connectivity index (χ0n) is 12.6. The third-order valence-corrected chi connectivity index (χ3v) is 3.93. The number of esters is 1. The van der Waals surface area contributed by atoms with E-state index < -0.39 is 6.04 Å². The molecule has 20 heavy (non-hydrogen) atoms. The van der Waals surface area contributed by atoms with Crippen molar-refractivity contribution < 1.29 is 9.53 Å². The molecule has 0 aliphatic heterocycles. The summed E-state index contributed by atoms with van der Waals surface area (Å²) < 4.78 is 5.61. The number of hydrogen-bond donors (Lipinski definition) is 2. The smallest absolute Gasteiger partial charge is 0.323 e. The maximum absolute atomic E-state index is 12.1. The van der Waals surface area contributed by atoms with Gasteiger partial charge in [0, 0.05) is 18.3 Å². The molecule has 5 nitrogen and oxygen atoms in total. The molecule has 1 aromatic heterocycles. The number of aromatic nitrogens is 2. The normalized spacial score (nSPS) is 27.0. The zero-order chi connectivity index (χ0) is 14.8. The Morgan fingerprint density at radius 3 is 2.95 bits per heavy atom. The van der Waals surface area contributed by atoms with Crippen LogP contribution in [0.1, 0.15) is 45.7 Å². The van der Waals surface area contributed by atoms with Gasteiger partial charge < -0.3 is 15.5 Å². The van der Waals surface area contributed by atoms with Crippen molar-refractivity contribution in [1.82, 2.24) is 9.97 Å². The maximum atomic E-state index is 12.1. The minimum absolute atomic E-state index is 0.00549. The summed E-state index contributed by atoms with van der Waals surface area (Å²) in [7, 11) is 0. The largest absolute Gasteiger partial charge is 0.461 e. The van der Waals surface area contributed by atoms with E-state index in [1.54, 1.807) is 12.5 Å². The minimum atomic E-state index is -0.629. The van der Waals surface area contributed by atoms with Crippen LogP contribution >= 0.6 is 0 Å². The van der Waals surface area contributed by atoms with Crippen molar-refractivity contribution in [1.29, 1.82) is 0 Å². The number of nitrogens with zero attached hydrogens (tertiary/aromatic N) is 1. The molecule has 0 bridgehead atoms. The Bertz CT molecular complexity index is 442. The summed E-state index contributed by atoms with van der Waals surface area (Å²) in [6, 6.07) is -0.629. The third kappa shape index (κ3) is 4.07. The molecule has 0 saturated heterocycles. The topological polar surface area (TPSA) is 81.0 Å². The van der Waals surface area contributed by atoms with Gasteiger partial charge in [-0.2, -0.15) is 0 Å². The van der Waals surface area contributed by atoms with Crippen LogP contribution in [0.15, 0.2) is 12.5 Å². The second-order valence-corrected chi connectivity index (χ2v) is 6.86. The molecule has 0 spiro atoms. The lowest BCUT2D eigenvalue weighted by molar-refractivity contribution is -0.155. The van der Waals surface area contributed by atoms with Crippen LogP contribution in [0.3, 0.4) is 0 Å². The van der Waals surface area contributed by atoms with Crippen LogP contribution in [0.2, 0.25) is 0 Å². The first-order chi connectivity index (χ1) is 9.35. The van der Waals surface area contributed by atoms with E-state index in [4.69, 9.17) is 10.5 Å². The Morgan fingerprint density at radius 1 is 1.60 bits per heavy atom. The highest BCUT2D eigenvalue weighted by atomic mass is 16.5. The second-order valence-electron chi connectivity index (χ2n) is 6.86. The SMILES string of the molecule is CC1CC(OC(=O)C(N)Cc2cnc[nH]2)CC(C)(C)C1. The number of carbonyl (C=O) groups excluding carboxylic acids is 1. The quantitative estimate of drug-likeness (QED) is 0.826. The van der Waals surface area contributed by atoms with Gasteiger partial charge in [0.1, 0.15) is 12.1 Å². The standard InChI is InChI=1S/C15H25N3O2/c1-10-4-12(7-15(2,3)6-10)20-14(19)13(16)5-11-8-17-9-18-11/h8-10,12-13H,4-7,16H2,1-3H3,(H,17,18). The van der Waals surface area contributed by atoms with Gasteiger partial charge in [-0.1, -0.05) is 20.8 Å². The molecule has 1 heterocycles. The maximum Gasteiger partial charge on any atom is 0.323 e. The molecular weight excluding hydrogens is 254 g/mol. The van der Waals surface area contributed by atoms with E-state index in [9.17, 15) is 4.79 Å². The van der Waals surface area contributed by atoms with Gasteiger partial charge in [-0.05, 0) is 30.6 Å². The number of aromatic amines is 1. The van der Waals surface area contributed by atoms with Gasteiger partial charge in [-0.15, -0.1) is 0 Å². The van der Waals surface area contributed by atoms with Crippen LogP contribution in [-0.2, 0) is 16.0 Å². The number of imidazole rings is 1. The van der Waals surface area contributed by atoms with Crippen LogP contribution < -0.4 is 5.73 Å². The van der Waals surface area contributed by atoms with Gasteiger partial charge in [0.2, 0.25) is 0 Å². The van der Waals surface area contributed by atoms with Crippen molar-refractivity contribution >= 4 is 5.97 Å². The van der Waals surface area contributed by atoms with E-state index in [1.807, 2.05) is 0 Å². The number of ether oxygens (including phenoxy) is 1. The Kier molecular flexibility index (Phi) is 4.48. The Hall–Kier alpha value is -1.36. The molecule has 3 unspecified atom stereocenters. The van der Waals surface area contributed by atoms with Gasteiger partial charge in [0.05, 0.1) is 6.33 Å². The summed E-state index contributed by atoms with van der Waals surface area (Å²) in [5.41, 5.74) is 6.99. The van der Waals surface area contributed by atoms with Crippen LogP contribution in [0.5, 0.6) is 0 Å². The van der Waals surface area contributed by atoms with E-state index in [2.05, 4.69) is 30.7 Å². The number of hydrogen-bond acceptors (Lipinski definition) is 4. The number of carbonyl (C=O) groups is 1. The summed E-state index contributed by atoms with van der Waals surface area (Å²) in [6.45, 7) is 6.67. The number of nitrogens with two attached hydrogens (primary N) is 1. The molecule has 0 aromatic carbocycles. The van der Waals surface area contributed by atoms with Crippen molar-refractivity contribution in [3.05, 3.63) is 18.2 Å². The molecule has 0 amide bonds. The first-order valence-corrected chi connectivity index (χ1v) is 7.29. The molecule has 1 fully saturated rings. The predicted octanol–water partition coefficient (Wildman–Crippen LogP) is 2.04. The lowest BCUT2D eigenvalue weighted by Gasteiger charge is -2.38. The fraction of sp³-hybridized carbons (Fsp3) is 0.733. The summed E-state index contributed by atoms with van der Waals surface area (Å²) in [4.78, 5) is 18.9. The van der Waals surface area contributed by atoms with Crippen molar-refractivity contribution in [3.63, 3.8) is 0 Å². The van der Waals surface area contributed by atoms with Crippen molar-refractivity contribution in [3.8, 4) is 0 Å². The number of H-pyrrole nitrogens is 1. The van der Waals surface area contributed by atoms with Crippen LogP contribution in [0.4, 0.5) is 0 Å². The molecule has 1 saturated carbocycles. The van der Waals surface area contributed by atoms with Crippen LogP contribution in [-0.4, -0.2) is 28.1 Å². The van der Waals surface area contributed by atoms with E-state index in [0.717, 1.165) is 18.5 Å². The predicted molar refractivity (Wildman–Crippen MR) is 76.9 cm³/mol. The van der Waals surface area contributed by atoms with Crippen molar-refractivity contribution in [2.75, 3.05) is 0 Å². The highest BCUT2D eigenvalue weighted by molar-refractivity contribution is 5.76. The molecule has 2 rings (SSSR count). The van der Waals surface area contributed by atoms with Crippen molar-refractivity contribution in [2.24, 2.45) is 17.1 Å². The lowest BCUT2D eigenvalue weighted by Crippen LogP contribution is -2.40. The van der Waals surface area contributed by atoms with E-state index in [0.29, 0.717) is 12.3 Å². The molecule has 1 aromatic rings. The lowest BCUT2D eigenvalue weighted by atomic mass is 9.71. The fourth-order valence-electron chi connectivity index (χ4n) is 3.32. The van der Waals surface area contributed by atoms with E-state index in [-0.39, 0.29) is 17.5 Å². The average Bonchev–Trinajstić information content (AvgIpc) is 2.78. The van der Waals surface area contributed by atoms with Gasteiger partial charge in [-0.3, -0.25) is 4.79 Å². The monoisotopic (exact) mass is 279 g/mol. The Balaban J connectivity index is 1.87. The fourth-order valence-corrected chi connectivity index (χ4v) is 3.32. The molecule has 112 valence electrons. The molecule has 5 heteroatoms. The van der Waals surface area contributed by atoms with E-state index >= 15 is 0 Å². The third-order valence-electron chi connectivity index (χ3n) is 3.93. The van der Waals surface area contributed by atoms with Gasteiger partial charge in [-0.25, -0.2) is 4.98 Å². The Morgan fingerprint density at radius 2 is 2.35 bits per heavy atom. The number of rotatable bonds is 4. The van der Waals surface area contributed by atoms with Gasteiger partial charge >= 0.3 is 5.97 Å². The molecule has 1 aliphatic rings. The summed E-state index contributed by atoms with van der Waals surface area (Å²) >= 11 is 0. The number of nitrogens with one attached hydrogen (secondary N) is 1. The minimum Gasteiger partial charge on any atom is -0.461 e. The summed E-state index contributed by atoms with van der Waals surface area (Å²) in [5, 5.41) is 0. The first-order valence-electron chi connectivity index (χ1n) is 7.29. The molecule has 1 aliphatic carbocycles. The average molecular weight is 279 g/mol. The highest BCUT2D eigenvalue weighted by Crippen LogP contribution is 2.39. The Labute approximate surface area is 120 Å². The van der Waals surface area contributed by atoms with Crippen LogP contribution in [0.25, 0.3) is 0 Å². The van der Waals surface area contributed by atoms with Gasteiger partial charge in [0.15, 0.2) is 0 Å². The molecule has 3 atom stereocenters. The summed E-state index contributed by atoms with van der Waals surface area (Å²) in [5.74, 6) is 0.273. The molecule has 0 radical (unpaired) electrons.